The van der Waals surface area contributed by atoms with E-state index < -0.39 is 0 Å². The molecule has 1 atom stereocenters. The first-order valence-corrected chi connectivity index (χ1v) is 8.86. The van der Waals surface area contributed by atoms with Crippen molar-refractivity contribution < 1.29 is 5.11 Å². The molecule has 2 aromatic rings. The number of hydrogen-bond donors (Lipinski definition) is 1. The number of nitrogens with zero attached hydrogens (tertiary/aromatic N) is 1. The van der Waals surface area contributed by atoms with Gasteiger partial charge in [0.25, 0.3) is 0 Å². The molecule has 0 aromatic heterocycles. The average Bonchev–Trinajstić information content (AvgIpc) is 2.44. The Morgan fingerprint density at radius 2 is 1.70 bits per heavy atom. The number of aryl methyl sites for hydroxylation is 2. The van der Waals surface area contributed by atoms with Crippen LogP contribution in [-0.4, -0.2) is 18.4 Å². The normalized spacial score (nSPS) is 12.6. The monoisotopic (exact) mass is 327 g/mol. The van der Waals surface area contributed by atoms with Crippen molar-refractivity contribution in [3.05, 3.63) is 52.6 Å². The molecule has 2 nitrogen and oxygen atoms in total. The molecule has 0 amide bonds. The molecule has 0 spiro atoms. The minimum absolute atomic E-state index is 0.0731. The Morgan fingerprint density at radius 1 is 1.00 bits per heavy atom. The quantitative estimate of drug-likeness (QED) is 0.671. The fourth-order valence-corrected chi connectivity index (χ4v) is 3.92. The molecule has 2 aromatic carbocycles. The Balaban J connectivity index is 2.51. The second-order valence-electron chi connectivity index (χ2n) is 7.06. The van der Waals surface area contributed by atoms with E-state index in [2.05, 4.69) is 69.9 Å². The fourth-order valence-electron chi connectivity index (χ4n) is 2.63. The topological polar surface area (TPSA) is 32.6 Å². The van der Waals surface area contributed by atoms with Crippen molar-refractivity contribution in [3.8, 4) is 5.75 Å². The molecule has 0 saturated carbocycles. The lowest BCUT2D eigenvalue weighted by atomic mass is 9.85. The summed E-state index contributed by atoms with van der Waals surface area (Å²) < 4.78 is 0. The van der Waals surface area contributed by atoms with Crippen molar-refractivity contribution in [2.45, 2.75) is 40.0 Å². The minimum Gasteiger partial charge on any atom is -0.507 e. The van der Waals surface area contributed by atoms with E-state index in [-0.39, 0.29) is 5.41 Å². The van der Waals surface area contributed by atoms with Crippen molar-refractivity contribution in [1.82, 2.24) is 0 Å². The van der Waals surface area contributed by atoms with Crippen LogP contribution < -0.4 is 10.6 Å². The predicted molar refractivity (Wildman–Crippen MR) is 104 cm³/mol. The zero-order chi connectivity index (χ0) is 17.2. The van der Waals surface area contributed by atoms with E-state index in [1.54, 1.807) is 7.05 Å². The third-order valence-corrected chi connectivity index (χ3v) is 5.18. The van der Waals surface area contributed by atoms with Crippen molar-refractivity contribution >= 4 is 25.4 Å². The highest BCUT2D eigenvalue weighted by atomic mass is 31.1. The molecular formula is C20H26NOP. The van der Waals surface area contributed by atoms with Crippen LogP contribution >= 0.6 is 8.58 Å². The second kappa shape index (κ2) is 6.84. The summed E-state index contributed by atoms with van der Waals surface area (Å²) in [6.07, 6.45) is 1.90. The van der Waals surface area contributed by atoms with Crippen molar-refractivity contribution in [2.75, 3.05) is 7.05 Å². The van der Waals surface area contributed by atoms with Crippen LogP contribution in [0, 0.1) is 13.8 Å². The summed E-state index contributed by atoms with van der Waals surface area (Å²) in [5.74, 6) is 0.432. The number of aromatic hydroxyl groups is 1. The molecule has 0 saturated heterocycles. The largest absolute Gasteiger partial charge is 0.507 e. The summed E-state index contributed by atoms with van der Waals surface area (Å²) in [4.78, 5) is 4.16. The van der Waals surface area contributed by atoms with Crippen LogP contribution in [0.1, 0.15) is 43.0 Å². The predicted octanol–water partition coefficient (Wildman–Crippen LogP) is 3.98. The fraction of sp³-hybridized carbons (Fsp3) is 0.350. The van der Waals surface area contributed by atoms with Crippen LogP contribution in [0.4, 0.5) is 0 Å². The van der Waals surface area contributed by atoms with Crippen molar-refractivity contribution in [2.24, 2.45) is 4.99 Å². The summed E-state index contributed by atoms with van der Waals surface area (Å²) in [5.41, 5.74) is 4.48. The average molecular weight is 327 g/mol. The van der Waals surface area contributed by atoms with Crippen LogP contribution in [0.3, 0.4) is 0 Å². The minimum atomic E-state index is -0.0731. The molecule has 0 bridgehead atoms. The lowest BCUT2D eigenvalue weighted by Crippen LogP contribution is -2.17. The molecule has 0 radical (unpaired) electrons. The SMILES string of the molecule is C/N=C/c1cc(C)ccc1Pc1cc(C)cc(C(C)(C)C)c1O. The third kappa shape index (κ3) is 4.20. The van der Waals surface area contributed by atoms with E-state index in [4.69, 9.17) is 0 Å². The molecule has 0 fully saturated rings. The van der Waals surface area contributed by atoms with E-state index in [9.17, 15) is 5.11 Å². The first kappa shape index (κ1) is 17.7. The van der Waals surface area contributed by atoms with E-state index in [1.165, 1.54) is 16.4 Å². The number of aliphatic imine (C=N–C) groups is 1. The first-order chi connectivity index (χ1) is 10.7. The zero-order valence-corrected chi connectivity index (χ0v) is 15.9. The summed E-state index contributed by atoms with van der Waals surface area (Å²) in [5, 5.41) is 13.0. The van der Waals surface area contributed by atoms with Gasteiger partial charge in [0.1, 0.15) is 5.75 Å². The first-order valence-electron chi connectivity index (χ1n) is 7.86. The standard InChI is InChI=1S/C20H26NOP/c1-13-7-8-17(15(9-13)12-21-6)23-18-11-14(2)10-16(19(18)22)20(3,4)5/h7-12,22-23H,1-6H3/b21-12+. The highest BCUT2D eigenvalue weighted by Crippen LogP contribution is 2.33. The smallest absolute Gasteiger partial charge is 0.127 e. The summed E-state index contributed by atoms with van der Waals surface area (Å²) in [6.45, 7) is 10.6. The third-order valence-electron chi connectivity index (χ3n) is 3.81. The highest BCUT2D eigenvalue weighted by molar-refractivity contribution is 7.56. The molecule has 1 N–H and O–H groups in total. The van der Waals surface area contributed by atoms with Gasteiger partial charge in [-0.1, -0.05) is 53.1 Å². The molecule has 0 aliphatic carbocycles. The van der Waals surface area contributed by atoms with Gasteiger partial charge >= 0.3 is 0 Å². The number of phenols is 1. The van der Waals surface area contributed by atoms with Crippen molar-refractivity contribution in [1.29, 1.82) is 0 Å². The maximum atomic E-state index is 10.8. The van der Waals surface area contributed by atoms with Gasteiger partial charge in [0, 0.05) is 29.7 Å². The number of rotatable bonds is 3. The Kier molecular flexibility index (Phi) is 5.26. The van der Waals surface area contributed by atoms with Crippen LogP contribution in [0.5, 0.6) is 5.75 Å². The van der Waals surface area contributed by atoms with Crippen molar-refractivity contribution in [3.63, 3.8) is 0 Å². The maximum Gasteiger partial charge on any atom is 0.127 e. The van der Waals surface area contributed by atoms with Crippen LogP contribution in [-0.2, 0) is 5.41 Å². The Morgan fingerprint density at radius 3 is 2.30 bits per heavy atom. The highest BCUT2D eigenvalue weighted by Gasteiger charge is 2.21. The number of phenolic OH excluding ortho intramolecular Hbond substituents is 1. The van der Waals surface area contributed by atoms with E-state index in [0.29, 0.717) is 14.3 Å². The Bertz CT molecular complexity index is 742. The molecular weight excluding hydrogens is 301 g/mol. The van der Waals surface area contributed by atoms with E-state index >= 15 is 0 Å². The van der Waals surface area contributed by atoms with E-state index in [0.717, 1.165) is 16.4 Å². The lowest BCUT2D eigenvalue weighted by Gasteiger charge is -2.23. The van der Waals surface area contributed by atoms with Gasteiger partial charge in [0.05, 0.1) is 0 Å². The number of hydrogen-bond acceptors (Lipinski definition) is 2. The molecule has 1 unspecified atom stereocenters. The molecule has 3 heteroatoms. The lowest BCUT2D eigenvalue weighted by molar-refractivity contribution is 0.450. The van der Waals surface area contributed by atoms with Gasteiger partial charge in [-0.15, -0.1) is 0 Å². The van der Waals surface area contributed by atoms with Crippen LogP contribution in [0.25, 0.3) is 0 Å². The maximum absolute atomic E-state index is 10.8. The Labute approximate surface area is 141 Å². The van der Waals surface area contributed by atoms with Gasteiger partial charge in [-0.2, -0.15) is 0 Å². The molecule has 23 heavy (non-hydrogen) atoms. The zero-order valence-electron chi connectivity index (χ0n) is 14.9. The molecule has 122 valence electrons. The molecule has 0 aliphatic rings. The van der Waals surface area contributed by atoms with Gasteiger partial charge in [-0.3, -0.25) is 4.99 Å². The molecule has 0 aliphatic heterocycles. The summed E-state index contributed by atoms with van der Waals surface area (Å²) in [6, 6.07) is 10.6. The van der Waals surface area contributed by atoms with E-state index in [1.807, 2.05) is 6.21 Å². The van der Waals surface area contributed by atoms with Crippen LogP contribution in [0.2, 0.25) is 0 Å². The number of benzene rings is 2. The van der Waals surface area contributed by atoms with Crippen LogP contribution in [0.15, 0.2) is 35.3 Å². The van der Waals surface area contributed by atoms with Gasteiger partial charge in [-0.05, 0) is 42.3 Å². The molecule has 0 heterocycles. The van der Waals surface area contributed by atoms with Gasteiger partial charge in [0.15, 0.2) is 0 Å². The summed E-state index contributed by atoms with van der Waals surface area (Å²) in [7, 11) is 2.20. The second-order valence-corrected chi connectivity index (χ2v) is 8.39. The van der Waals surface area contributed by atoms with Gasteiger partial charge in [-0.25, -0.2) is 0 Å². The van der Waals surface area contributed by atoms with Gasteiger partial charge < -0.3 is 5.11 Å². The summed E-state index contributed by atoms with van der Waals surface area (Å²) >= 11 is 0. The van der Waals surface area contributed by atoms with Gasteiger partial charge in [0.2, 0.25) is 0 Å². The molecule has 2 rings (SSSR count). The Hall–Kier alpha value is -1.66.